The highest BCUT2D eigenvalue weighted by Crippen LogP contribution is 2.18. The molecular formula is C17H17FN4O2S. The van der Waals surface area contributed by atoms with Gasteiger partial charge < -0.3 is 10.2 Å². The summed E-state index contributed by atoms with van der Waals surface area (Å²) in [4.78, 5) is 25.9. The molecule has 3 rings (SSSR count). The van der Waals surface area contributed by atoms with Gasteiger partial charge in [-0.2, -0.15) is 0 Å². The van der Waals surface area contributed by atoms with Crippen molar-refractivity contribution in [1.82, 2.24) is 15.1 Å². The number of aromatic nitrogens is 2. The van der Waals surface area contributed by atoms with E-state index in [0.717, 1.165) is 32.0 Å². The van der Waals surface area contributed by atoms with Crippen LogP contribution in [-0.2, 0) is 4.79 Å². The maximum atomic E-state index is 13.1. The SMILES string of the molecule is O=C(Nc1ccc(SCC(=O)N2CCCC2)nn1)c1cccc(F)c1. The Morgan fingerprint density at radius 2 is 1.96 bits per heavy atom. The second-order valence-electron chi connectivity index (χ2n) is 5.60. The maximum Gasteiger partial charge on any atom is 0.256 e. The Labute approximate surface area is 148 Å². The zero-order valence-corrected chi connectivity index (χ0v) is 14.3. The molecule has 1 fully saturated rings. The summed E-state index contributed by atoms with van der Waals surface area (Å²) in [6, 6.07) is 8.69. The van der Waals surface area contributed by atoms with Crippen molar-refractivity contribution in [2.24, 2.45) is 0 Å². The number of nitrogens with zero attached hydrogens (tertiary/aromatic N) is 3. The van der Waals surface area contributed by atoms with E-state index in [0.29, 0.717) is 10.8 Å². The van der Waals surface area contributed by atoms with Gasteiger partial charge in [-0.25, -0.2) is 4.39 Å². The second-order valence-corrected chi connectivity index (χ2v) is 6.59. The number of carbonyl (C=O) groups is 2. The van der Waals surface area contributed by atoms with Crippen molar-refractivity contribution >= 4 is 29.4 Å². The van der Waals surface area contributed by atoms with E-state index in [2.05, 4.69) is 15.5 Å². The number of anilines is 1. The van der Waals surface area contributed by atoms with Crippen LogP contribution < -0.4 is 5.32 Å². The molecule has 0 atom stereocenters. The number of carbonyl (C=O) groups excluding carboxylic acids is 2. The lowest BCUT2D eigenvalue weighted by atomic mass is 10.2. The molecule has 0 radical (unpaired) electrons. The van der Waals surface area contributed by atoms with Gasteiger partial charge in [-0.15, -0.1) is 10.2 Å². The molecule has 130 valence electrons. The van der Waals surface area contributed by atoms with Crippen LogP contribution in [0.1, 0.15) is 23.2 Å². The molecule has 6 nitrogen and oxygen atoms in total. The molecule has 1 saturated heterocycles. The Bertz CT molecular complexity index is 763. The fourth-order valence-electron chi connectivity index (χ4n) is 2.48. The quantitative estimate of drug-likeness (QED) is 0.830. The molecule has 0 bridgehead atoms. The summed E-state index contributed by atoms with van der Waals surface area (Å²) < 4.78 is 13.1. The summed E-state index contributed by atoms with van der Waals surface area (Å²) in [6.07, 6.45) is 2.13. The molecule has 2 aromatic rings. The maximum absolute atomic E-state index is 13.1. The molecule has 1 aliphatic heterocycles. The van der Waals surface area contributed by atoms with Crippen LogP contribution in [0.15, 0.2) is 41.4 Å². The predicted octanol–water partition coefficient (Wildman–Crippen LogP) is 2.58. The summed E-state index contributed by atoms with van der Waals surface area (Å²) in [5.74, 6) is -0.243. The lowest BCUT2D eigenvalue weighted by Gasteiger charge is -2.14. The van der Waals surface area contributed by atoms with E-state index in [1.165, 1.54) is 30.0 Å². The minimum absolute atomic E-state index is 0.104. The highest BCUT2D eigenvalue weighted by atomic mass is 32.2. The van der Waals surface area contributed by atoms with Gasteiger partial charge in [-0.3, -0.25) is 9.59 Å². The largest absolute Gasteiger partial charge is 0.342 e. The van der Waals surface area contributed by atoms with Crippen molar-refractivity contribution in [1.29, 1.82) is 0 Å². The van der Waals surface area contributed by atoms with Gasteiger partial charge in [-0.05, 0) is 43.2 Å². The van der Waals surface area contributed by atoms with Crippen molar-refractivity contribution in [2.75, 3.05) is 24.2 Å². The van der Waals surface area contributed by atoms with Gasteiger partial charge >= 0.3 is 0 Å². The third-order valence-electron chi connectivity index (χ3n) is 3.77. The van der Waals surface area contributed by atoms with Gasteiger partial charge in [0, 0.05) is 18.7 Å². The molecule has 1 N–H and O–H groups in total. The number of nitrogens with one attached hydrogen (secondary N) is 1. The van der Waals surface area contributed by atoms with Crippen LogP contribution in [0, 0.1) is 5.82 Å². The van der Waals surface area contributed by atoms with Crippen molar-refractivity contribution in [3.8, 4) is 0 Å². The normalized spacial score (nSPS) is 13.7. The molecule has 2 heterocycles. The van der Waals surface area contributed by atoms with E-state index >= 15 is 0 Å². The fourth-order valence-corrected chi connectivity index (χ4v) is 3.19. The Morgan fingerprint density at radius 1 is 1.16 bits per heavy atom. The van der Waals surface area contributed by atoms with Crippen LogP contribution in [0.4, 0.5) is 10.2 Å². The van der Waals surface area contributed by atoms with Crippen LogP contribution in [0.2, 0.25) is 0 Å². The van der Waals surface area contributed by atoms with E-state index in [1.807, 2.05) is 4.90 Å². The van der Waals surface area contributed by atoms with E-state index in [9.17, 15) is 14.0 Å². The summed E-state index contributed by atoms with van der Waals surface area (Å²) in [5.41, 5.74) is 0.205. The van der Waals surface area contributed by atoms with Gasteiger partial charge in [0.15, 0.2) is 5.82 Å². The Morgan fingerprint density at radius 3 is 2.64 bits per heavy atom. The molecular weight excluding hydrogens is 343 g/mol. The first-order valence-corrected chi connectivity index (χ1v) is 8.91. The van der Waals surface area contributed by atoms with E-state index < -0.39 is 11.7 Å². The molecule has 25 heavy (non-hydrogen) atoms. The van der Waals surface area contributed by atoms with Crippen LogP contribution in [0.5, 0.6) is 0 Å². The summed E-state index contributed by atoms with van der Waals surface area (Å²) >= 11 is 1.31. The lowest BCUT2D eigenvalue weighted by molar-refractivity contribution is -0.127. The van der Waals surface area contributed by atoms with E-state index in [-0.39, 0.29) is 17.3 Å². The van der Waals surface area contributed by atoms with E-state index in [1.54, 1.807) is 12.1 Å². The highest BCUT2D eigenvalue weighted by Gasteiger charge is 2.18. The Balaban J connectivity index is 1.53. The summed E-state index contributed by atoms with van der Waals surface area (Å²) in [5, 5.41) is 11.1. The molecule has 2 amide bonds. The number of rotatable bonds is 5. The minimum Gasteiger partial charge on any atom is -0.342 e. The molecule has 1 aromatic heterocycles. The number of amides is 2. The topological polar surface area (TPSA) is 75.2 Å². The third-order valence-corrected chi connectivity index (χ3v) is 4.68. The average molecular weight is 360 g/mol. The second kappa shape index (κ2) is 8.06. The molecule has 0 saturated carbocycles. The van der Waals surface area contributed by atoms with Crippen molar-refractivity contribution in [3.05, 3.63) is 47.8 Å². The monoisotopic (exact) mass is 360 g/mol. The molecule has 0 spiro atoms. The number of thioether (sulfide) groups is 1. The van der Waals surface area contributed by atoms with Gasteiger partial charge in [0.1, 0.15) is 10.8 Å². The number of benzene rings is 1. The van der Waals surface area contributed by atoms with Gasteiger partial charge in [0.05, 0.1) is 5.75 Å². The van der Waals surface area contributed by atoms with Gasteiger partial charge in [0.2, 0.25) is 5.91 Å². The molecule has 8 heteroatoms. The van der Waals surface area contributed by atoms with Crippen molar-refractivity contribution in [2.45, 2.75) is 17.9 Å². The van der Waals surface area contributed by atoms with E-state index in [4.69, 9.17) is 0 Å². The zero-order chi connectivity index (χ0) is 17.6. The molecule has 1 aromatic carbocycles. The van der Waals surface area contributed by atoms with Crippen LogP contribution >= 0.6 is 11.8 Å². The molecule has 0 aliphatic carbocycles. The fraction of sp³-hybridized carbons (Fsp3) is 0.294. The lowest BCUT2D eigenvalue weighted by Crippen LogP contribution is -2.29. The van der Waals surface area contributed by atoms with Crippen LogP contribution in [-0.4, -0.2) is 45.8 Å². The number of likely N-dealkylation sites (tertiary alicyclic amines) is 1. The summed E-state index contributed by atoms with van der Waals surface area (Å²) in [6.45, 7) is 1.66. The standard InChI is InChI=1S/C17H17FN4O2S/c18-13-5-3-4-12(10-13)17(24)19-14-6-7-15(21-20-14)25-11-16(23)22-8-1-2-9-22/h3-7,10H,1-2,8-9,11H2,(H,19,20,24). The number of hydrogen-bond donors (Lipinski definition) is 1. The molecule has 0 unspecified atom stereocenters. The Kier molecular flexibility index (Phi) is 5.60. The van der Waals surface area contributed by atoms with Crippen molar-refractivity contribution in [3.63, 3.8) is 0 Å². The average Bonchev–Trinajstić information content (AvgIpc) is 3.15. The van der Waals surface area contributed by atoms with Gasteiger partial charge in [0.25, 0.3) is 5.91 Å². The minimum atomic E-state index is -0.479. The summed E-state index contributed by atoms with van der Waals surface area (Å²) in [7, 11) is 0. The number of hydrogen-bond acceptors (Lipinski definition) is 5. The van der Waals surface area contributed by atoms with Crippen molar-refractivity contribution < 1.29 is 14.0 Å². The first-order valence-electron chi connectivity index (χ1n) is 7.93. The molecule has 1 aliphatic rings. The first kappa shape index (κ1) is 17.3. The third kappa shape index (κ3) is 4.76. The number of halogens is 1. The predicted molar refractivity (Wildman–Crippen MR) is 92.9 cm³/mol. The zero-order valence-electron chi connectivity index (χ0n) is 13.4. The van der Waals surface area contributed by atoms with Crippen LogP contribution in [0.25, 0.3) is 0 Å². The van der Waals surface area contributed by atoms with Crippen LogP contribution in [0.3, 0.4) is 0 Å². The van der Waals surface area contributed by atoms with Gasteiger partial charge in [-0.1, -0.05) is 17.8 Å². The smallest absolute Gasteiger partial charge is 0.256 e. The first-order chi connectivity index (χ1) is 12.1. The Hall–Kier alpha value is -2.48. The highest BCUT2D eigenvalue weighted by molar-refractivity contribution is 7.99.